The second-order valence-corrected chi connectivity index (χ2v) is 4.97. The molecule has 0 bridgehead atoms. The summed E-state index contributed by atoms with van der Waals surface area (Å²) < 4.78 is 23.8. The number of methoxy groups -OCH3 is 1. The minimum absolute atomic E-state index is 0.0701. The van der Waals surface area contributed by atoms with Crippen molar-refractivity contribution in [3.63, 3.8) is 0 Å². The zero-order chi connectivity index (χ0) is 17.1. The van der Waals surface area contributed by atoms with E-state index in [1.807, 2.05) is 0 Å². The fourth-order valence-corrected chi connectivity index (χ4v) is 2.20. The van der Waals surface area contributed by atoms with Crippen molar-refractivity contribution in [2.24, 2.45) is 0 Å². The van der Waals surface area contributed by atoms with Crippen molar-refractivity contribution in [3.8, 4) is 5.75 Å². The van der Waals surface area contributed by atoms with Crippen molar-refractivity contribution in [2.75, 3.05) is 19.1 Å². The normalized spacial score (nSPS) is 10.4. The summed E-state index contributed by atoms with van der Waals surface area (Å²) in [7, 11) is 2.82. The lowest BCUT2D eigenvalue weighted by molar-refractivity contribution is -0.136. The number of amides is 1. The molecule has 7 heteroatoms. The Hall–Kier alpha value is -2.83. The van der Waals surface area contributed by atoms with Crippen LogP contribution in [0.1, 0.15) is 21.7 Å². The van der Waals surface area contributed by atoms with Crippen LogP contribution in [-0.2, 0) is 11.2 Å². The van der Waals surface area contributed by atoms with E-state index in [2.05, 4.69) is 0 Å². The summed E-state index contributed by atoms with van der Waals surface area (Å²) in [5, 5.41) is 8.88. The van der Waals surface area contributed by atoms with Gasteiger partial charge in [0.15, 0.2) is 11.6 Å². The number of carbonyl (C=O) groups excluding carboxylic acids is 1. The number of rotatable bonds is 5. The van der Waals surface area contributed by atoms with Gasteiger partial charge in [-0.1, -0.05) is 0 Å². The molecule has 0 atom stereocenters. The van der Waals surface area contributed by atoms with E-state index in [1.165, 1.54) is 43.5 Å². The molecule has 1 aromatic heterocycles. The quantitative estimate of drug-likeness (QED) is 0.915. The van der Waals surface area contributed by atoms with Gasteiger partial charge in [-0.15, -0.1) is 0 Å². The third-order valence-electron chi connectivity index (χ3n) is 3.40. The zero-order valence-electron chi connectivity index (χ0n) is 12.9. The van der Waals surface area contributed by atoms with Crippen LogP contribution < -0.4 is 9.64 Å². The highest BCUT2D eigenvalue weighted by atomic mass is 19.1. The largest absolute Gasteiger partial charge is 0.494 e. The van der Waals surface area contributed by atoms with Crippen molar-refractivity contribution in [1.29, 1.82) is 0 Å². The molecule has 2 aromatic rings. The molecule has 0 fully saturated rings. The summed E-state index contributed by atoms with van der Waals surface area (Å²) in [4.78, 5) is 24.7. The molecule has 0 aliphatic heterocycles. The van der Waals surface area contributed by atoms with Gasteiger partial charge in [0, 0.05) is 24.4 Å². The van der Waals surface area contributed by atoms with Gasteiger partial charge in [0.25, 0.3) is 5.91 Å². The summed E-state index contributed by atoms with van der Waals surface area (Å²) in [6.07, 6.45) is 0.924. The van der Waals surface area contributed by atoms with Crippen LogP contribution in [0.4, 0.5) is 10.1 Å². The molecule has 1 aromatic carbocycles. The number of carbonyl (C=O) groups is 2. The van der Waals surface area contributed by atoms with E-state index < -0.39 is 24.1 Å². The molecular formula is C16H16FNO5. The smallest absolute Gasteiger partial charge is 0.311 e. The molecule has 23 heavy (non-hydrogen) atoms. The molecule has 0 spiro atoms. The molecular weight excluding hydrogens is 305 g/mol. The van der Waals surface area contributed by atoms with Gasteiger partial charge in [0.05, 0.1) is 18.9 Å². The molecule has 1 heterocycles. The maximum absolute atomic E-state index is 13.8. The molecule has 2 rings (SSSR count). The third-order valence-corrected chi connectivity index (χ3v) is 3.40. The average molecular weight is 321 g/mol. The fourth-order valence-electron chi connectivity index (χ4n) is 2.20. The Bertz CT molecular complexity index is 753. The number of ether oxygens (including phenoxy) is 1. The first-order valence-corrected chi connectivity index (χ1v) is 6.75. The topological polar surface area (TPSA) is 80.0 Å². The predicted molar refractivity (Wildman–Crippen MR) is 80.5 cm³/mol. The van der Waals surface area contributed by atoms with Crippen molar-refractivity contribution in [2.45, 2.75) is 13.3 Å². The Morgan fingerprint density at radius 1 is 1.39 bits per heavy atom. The van der Waals surface area contributed by atoms with E-state index in [0.717, 1.165) is 0 Å². The molecule has 0 saturated carbocycles. The Balaban J connectivity index is 2.35. The van der Waals surface area contributed by atoms with Crippen molar-refractivity contribution in [3.05, 3.63) is 47.2 Å². The second-order valence-electron chi connectivity index (χ2n) is 4.97. The molecule has 0 aliphatic carbocycles. The maximum Gasteiger partial charge on any atom is 0.311 e. The van der Waals surface area contributed by atoms with Crippen LogP contribution in [0, 0.1) is 12.7 Å². The van der Waals surface area contributed by atoms with Crippen LogP contribution in [0.15, 0.2) is 28.9 Å². The summed E-state index contributed by atoms with van der Waals surface area (Å²) >= 11 is 0. The number of aryl methyl sites for hydroxylation is 1. The highest BCUT2D eigenvalue weighted by Gasteiger charge is 2.24. The number of hydrogen-bond acceptors (Lipinski definition) is 4. The number of benzene rings is 1. The summed E-state index contributed by atoms with van der Waals surface area (Å²) in [5.41, 5.74) is 1.01. The SMILES string of the molecule is COc1ccc(N(C)C(=O)c2c(C)coc2CC(=O)O)cc1F. The van der Waals surface area contributed by atoms with E-state index in [0.29, 0.717) is 11.3 Å². The molecule has 0 aliphatic rings. The predicted octanol–water partition coefficient (Wildman–Crippen LogP) is 2.64. The highest BCUT2D eigenvalue weighted by Crippen LogP contribution is 2.26. The van der Waals surface area contributed by atoms with E-state index in [1.54, 1.807) is 6.92 Å². The molecule has 0 unspecified atom stereocenters. The summed E-state index contributed by atoms with van der Waals surface area (Å²) in [6, 6.07) is 4.12. The van der Waals surface area contributed by atoms with Gasteiger partial charge in [0.1, 0.15) is 12.2 Å². The van der Waals surface area contributed by atoms with Gasteiger partial charge >= 0.3 is 5.97 Å². The van der Waals surface area contributed by atoms with E-state index in [-0.39, 0.29) is 17.1 Å². The minimum atomic E-state index is -1.11. The van der Waals surface area contributed by atoms with Crippen molar-refractivity contribution < 1.29 is 28.2 Å². The van der Waals surface area contributed by atoms with Crippen molar-refractivity contribution >= 4 is 17.6 Å². The number of furan rings is 1. The standard InChI is InChI=1S/C16H16FNO5/c1-9-8-23-13(7-14(19)20)15(9)16(21)18(2)10-4-5-12(22-3)11(17)6-10/h4-6,8H,7H2,1-3H3,(H,19,20). The molecule has 6 nitrogen and oxygen atoms in total. The average Bonchev–Trinajstić information content (AvgIpc) is 2.85. The van der Waals surface area contributed by atoms with Crippen LogP contribution in [0.2, 0.25) is 0 Å². The molecule has 0 saturated heterocycles. The Kier molecular flexibility index (Phi) is 4.68. The van der Waals surface area contributed by atoms with E-state index in [9.17, 15) is 14.0 Å². The molecule has 0 radical (unpaired) electrons. The number of halogens is 1. The van der Waals surface area contributed by atoms with Crippen LogP contribution >= 0.6 is 0 Å². The number of carboxylic acid groups (broad SMARTS) is 1. The Morgan fingerprint density at radius 2 is 2.09 bits per heavy atom. The highest BCUT2D eigenvalue weighted by molar-refractivity contribution is 6.07. The Labute approximate surface area is 132 Å². The lowest BCUT2D eigenvalue weighted by Gasteiger charge is -2.18. The first kappa shape index (κ1) is 16.5. The van der Waals surface area contributed by atoms with E-state index in [4.69, 9.17) is 14.3 Å². The van der Waals surface area contributed by atoms with Gasteiger partial charge in [-0.3, -0.25) is 9.59 Å². The van der Waals surface area contributed by atoms with Gasteiger partial charge in [-0.2, -0.15) is 0 Å². The van der Waals surface area contributed by atoms with Gasteiger partial charge in [-0.05, 0) is 19.1 Å². The lowest BCUT2D eigenvalue weighted by Crippen LogP contribution is -2.27. The zero-order valence-corrected chi connectivity index (χ0v) is 12.9. The Morgan fingerprint density at radius 3 is 2.65 bits per heavy atom. The number of nitrogens with zero attached hydrogens (tertiary/aromatic N) is 1. The first-order chi connectivity index (χ1) is 10.8. The minimum Gasteiger partial charge on any atom is -0.494 e. The maximum atomic E-state index is 13.8. The van der Waals surface area contributed by atoms with Gasteiger partial charge in [0.2, 0.25) is 0 Å². The number of hydrogen-bond donors (Lipinski definition) is 1. The first-order valence-electron chi connectivity index (χ1n) is 6.75. The van der Waals surface area contributed by atoms with Crippen LogP contribution in [0.5, 0.6) is 5.75 Å². The second kappa shape index (κ2) is 6.51. The van der Waals surface area contributed by atoms with Crippen molar-refractivity contribution in [1.82, 2.24) is 0 Å². The fraction of sp³-hybridized carbons (Fsp3) is 0.250. The number of anilines is 1. The molecule has 1 amide bonds. The summed E-state index contributed by atoms with van der Waals surface area (Å²) in [5.74, 6) is -2.04. The number of carboxylic acids is 1. The number of aliphatic carboxylic acids is 1. The van der Waals surface area contributed by atoms with E-state index >= 15 is 0 Å². The van der Waals surface area contributed by atoms with Gasteiger partial charge < -0.3 is 19.2 Å². The lowest BCUT2D eigenvalue weighted by atomic mass is 10.1. The van der Waals surface area contributed by atoms with Crippen LogP contribution in [0.25, 0.3) is 0 Å². The van der Waals surface area contributed by atoms with Crippen LogP contribution in [0.3, 0.4) is 0 Å². The van der Waals surface area contributed by atoms with Crippen LogP contribution in [-0.4, -0.2) is 31.1 Å². The summed E-state index contributed by atoms with van der Waals surface area (Å²) in [6.45, 7) is 1.64. The monoisotopic (exact) mass is 321 g/mol. The molecule has 122 valence electrons. The van der Waals surface area contributed by atoms with Gasteiger partial charge in [-0.25, -0.2) is 4.39 Å². The third kappa shape index (κ3) is 3.33. The molecule has 1 N–H and O–H groups in total.